The minimum atomic E-state index is 0.549. The zero-order valence-electron chi connectivity index (χ0n) is 14.0. The van der Waals surface area contributed by atoms with E-state index in [-0.39, 0.29) is 0 Å². The fourth-order valence-electron chi connectivity index (χ4n) is 2.24. The summed E-state index contributed by atoms with van der Waals surface area (Å²) < 4.78 is 21.3. The summed E-state index contributed by atoms with van der Waals surface area (Å²) in [5, 5.41) is 0. The molecular weight excluding hydrogens is 294 g/mol. The van der Waals surface area contributed by atoms with Crippen LogP contribution in [0.1, 0.15) is 12.5 Å². The van der Waals surface area contributed by atoms with Gasteiger partial charge in [-0.15, -0.1) is 0 Å². The maximum atomic E-state index is 5.35. The summed E-state index contributed by atoms with van der Waals surface area (Å²) in [7, 11) is 6.38. The van der Waals surface area contributed by atoms with Gasteiger partial charge in [-0.3, -0.25) is 4.99 Å². The Morgan fingerprint density at radius 1 is 0.826 bits per heavy atom. The molecule has 2 aromatic rings. The maximum Gasteiger partial charge on any atom is 0.203 e. The van der Waals surface area contributed by atoms with Crippen molar-refractivity contribution in [2.45, 2.75) is 6.92 Å². The second-order valence-electron chi connectivity index (χ2n) is 4.81. The summed E-state index contributed by atoms with van der Waals surface area (Å²) in [6.07, 6.45) is 0. The van der Waals surface area contributed by atoms with Crippen LogP contribution in [0.25, 0.3) is 0 Å². The van der Waals surface area contributed by atoms with Crippen molar-refractivity contribution in [2.24, 2.45) is 4.99 Å². The van der Waals surface area contributed by atoms with Gasteiger partial charge in [0, 0.05) is 17.8 Å². The van der Waals surface area contributed by atoms with Gasteiger partial charge in [0.15, 0.2) is 11.5 Å². The van der Waals surface area contributed by atoms with Crippen LogP contribution < -0.4 is 18.9 Å². The van der Waals surface area contributed by atoms with Crippen LogP contribution in [0.5, 0.6) is 23.0 Å². The van der Waals surface area contributed by atoms with Gasteiger partial charge >= 0.3 is 0 Å². The molecule has 0 saturated carbocycles. The average molecular weight is 315 g/mol. The molecule has 2 aromatic carbocycles. The van der Waals surface area contributed by atoms with Gasteiger partial charge < -0.3 is 18.9 Å². The van der Waals surface area contributed by atoms with Crippen molar-refractivity contribution in [3.8, 4) is 23.0 Å². The minimum absolute atomic E-state index is 0.549. The second-order valence-corrected chi connectivity index (χ2v) is 4.81. The van der Waals surface area contributed by atoms with Crippen molar-refractivity contribution >= 4 is 11.4 Å². The fraction of sp³-hybridized carbons (Fsp3) is 0.278. The molecule has 0 aliphatic carbocycles. The molecule has 0 aliphatic rings. The second kappa shape index (κ2) is 7.54. The van der Waals surface area contributed by atoms with E-state index in [0.717, 1.165) is 22.7 Å². The third-order valence-electron chi connectivity index (χ3n) is 3.43. The molecule has 0 aromatic heterocycles. The number of nitrogens with zero attached hydrogens (tertiary/aromatic N) is 1. The van der Waals surface area contributed by atoms with Gasteiger partial charge in [0.1, 0.15) is 5.75 Å². The van der Waals surface area contributed by atoms with Crippen LogP contribution in [0.4, 0.5) is 5.69 Å². The van der Waals surface area contributed by atoms with Crippen LogP contribution in [0.2, 0.25) is 0 Å². The van der Waals surface area contributed by atoms with E-state index in [1.165, 1.54) is 0 Å². The van der Waals surface area contributed by atoms with Gasteiger partial charge in [0.2, 0.25) is 5.75 Å². The summed E-state index contributed by atoms with van der Waals surface area (Å²) in [5.74, 6) is 2.49. The van der Waals surface area contributed by atoms with Crippen LogP contribution in [0.15, 0.2) is 41.4 Å². The van der Waals surface area contributed by atoms with Crippen LogP contribution in [-0.2, 0) is 0 Å². The number of methoxy groups -OCH3 is 4. The van der Waals surface area contributed by atoms with Gasteiger partial charge in [-0.2, -0.15) is 0 Å². The number of rotatable bonds is 6. The Morgan fingerprint density at radius 3 is 2.00 bits per heavy atom. The molecular formula is C18H21NO4. The summed E-state index contributed by atoms with van der Waals surface area (Å²) in [6.45, 7) is 1.94. The van der Waals surface area contributed by atoms with E-state index in [4.69, 9.17) is 18.9 Å². The number of hydrogen-bond donors (Lipinski definition) is 0. The van der Waals surface area contributed by atoms with Crippen LogP contribution in [-0.4, -0.2) is 34.2 Å². The molecule has 0 aliphatic heterocycles. The normalized spacial score (nSPS) is 11.1. The van der Waals surface area contributed by atoms with E-state index >= 15 is 0 Å². The fourth-order valence-corrected chi connectivity index (χ4v) is 2.24. The standard InChI is InChI=1S/C18H21NO4/c1-12(13-7-6-8-15(9-13)20-2)19-14-10-16(21-3)18(23-5)17(11-14)22-4/h6-11H,1-5H3. The summed E-state index contributed by atoms with van der Waals surface area (Å²) in [4.78, 5) is 4.64. The Kier molecular flexibility index (Phi) is 5.46. The smallest absolute Gasteiger partial charge is 0.203 e. The lowest BCUT2D eigenvalue weighted by molar-refractivity contribution is 0.324. The highest BCUT2D eigenvalue weighted by atomic mass is 16.5. The molecule has 0 unspecified atom stereocenters. The summed E-state index contributed by atoms with van der Waals surface area (Å²) >= 11 is 0. The van der Waals surface area contributed by atoms with E-state index in [1.807, 2.05) is 43.3 Å². The quantitative estimate of drug-likeness (QED) is 0.760. The molecule has 0 amide bonds. The lowest BCUT2D eigenvalue weighted by Crippen LogP contribution is -1.97. The SMILES string of the molecule is COc1cccc(C(C)=Nc2cc(OC)c(OC)c(OC)c2)c1. The molecule has 0 radical (unpaired) electrons. The molecule has 0 fully saturated rings. The first-order valence-electron chi connectivity index (χ1n) is 7.12. The third kappa shape index (κ3) is 3.74. The topological polar surface area (TPSA) is 49.3 Å². The first-order valence-corrected chi connectivity index (χ1v) is 7.12. The first kappa shape index (κ1) is 16.7. The van der Waals surface area contributed by atoms with Crippen LogP contribution in [0.3, 0.4) is 0 Å². The highest BCUT2D eigenvalue weighted by molar-refractivity contribution is 6.00. The van der Waals surface area contributed by atoms with Crippen molar-refractivity contribution in [3.05, 3.63) is 42.0 Å². The van der Waals surface area contributed by atoms with Gasteiger partial charge in [0.05, 0.1) is 34.1 Å². The Balaban J connectivity index is 2.44. The van der Waals surface area contributed by atoms with E-state index < -0.39 is 0 Å². The molecule has 0 bridgehead atoms. The molecule has 0 spiro atoms. The molecule has 0 atom stereocenters. The largest absolute Gasteiger partial charge is 0.497 e. The Morgan fingerprint density at radius 2 is 1.48 bits per heavy atom. The number of aliphatic imine (C=N–C) groups is 1. The van der Waals surface area contributed by atoms with Crippen molar-refractivity contribution < 1.29 is 18.9 Å². The van der Waals surface area contributed by atoms with Crippen LogP contribution >= 0.6 is 0 Å². The molecule has 0 N–H and O–H groups in total. The molecule has 0 saturated heterocycles. The van der Waals surface area contributed by atoms with E-state index in [9.17, 15) is 0 Å². The minimum Gasteiger partial charge on any atom is -0.497 e. The van der Waals surface area contributed by atoms with E-state index in [0.29, 0.717) is 17.2 Å². The predicted molar refractivity (Wildman–Crippen MR) is 91.0 cm³/mol. The van der Waals surface area contributed by atoms with Crippen molar-refractivity contribution in [3.63, 3.8) is 0 Å². The predicted octanol–water partition coefficient (Wildman–Crippen LogP) is 3.86. The zero-order valence-corrected chi connectivity index (χ0v) is 14.0. The monoisotopic (exact) mass is 315 g/mol. The maximum absolute atomic E-state index is 5.35. The lowest BCUT2D eigenvalue weighted by atomic mass is 10.1. The van der Waals surface area contributed by atoms with Gasteiger partial charge in [-0.25, -0.2) is 0 Å². The van der Waals surface area contributed by atoms with Gasteiger partial charge in [-0.05, 0) is 24.6 Å². The Labute approximate surface area is 136 Å². The van der Waals surface area contributed by atoms with Crippen molar-refractivity contribution in [1.29, 1.82) is 0 Å². The Hall–Kier alpha value is -2.69. The first-order chi connectivity index (χ1) is 11.1. The summed E-state index contributed by atoms with van der Waals surface area (Å²) in [6, 6.07) is 11.4. The zero-order chi connectivity index (χ0) is 16.8. The molecule has 0 heterocycles. The van der Waals surface area contributed by atoms with Crippen molar-refractivity contribution in [1.82, 2.24) is 0 Å². The molecule has 2 rings (SSSR count). The van der Waals surface area contributed by atoms with Crippen LogP contribution in [0, 0.1) is 0 Å². The third-order valence-corrected chi connectivity index (χ3v) is 3.43. The molecule has 23 heavy (non-hydrogen) atoms. The number of benzene rings is 2. The Bertz CT molecular complexity index is 685. The molecule has 5 nitrogen and oxygen atoms in total. The highest BCUT2D eigenvalue weighted by Gasteiger charge is 2.13. The number of ether oxygens (including phenoxy) is 4. The summed E-state index contributed by atoms with van der Waals surface area (Å²) in [5.41, 5.74) is 2.57. The highest BCUT2D eigenvalue weighted by Crippen LogP contribution is 2.41. The van der Waals surface area contributed by atoms with E-state index in [1.54, 1.807) is 28.4 Å². The number of hydrogen-bond acceptors (Lipinski definition) is 5. The molecule has 122 valence electrons. The lowest BCUT2D eigenvalue weighted by Gasteiger charge is -2.13. The molecule has 5 heteroatoms. The van der Waals surface area contributed by atoms with E-state index in [2.05, 4.69) is 4.99 Å². The van der Waals surface area contributed by atoms with Gasteiger partial charge in [0.25, 0.3) is 0 Å². The van der Waals surface area contributed by atoms with Gasteiger partial charge in [-0.1, -0.05) is 12.1 Å². The van der Waals surface area contributed by atoms with Crippen molar-refractivity contribution in [2.75, 3.05) is 28.4 Å². The average Bonchev–Trinajstić information content (AvgIpc) is 2.60.